The Balaban J connectivity index is 2.28. The zero-order valence-corrected chi connectivity index (χ0v) is 9.68. The summed E-state index contributed by atoms with van der Waals surface area (Å²) in [5, 5.41) is 9.28. The second-order valence-corrected chi connectivity index (χ2v) is 4.03. The van der Waals surface area contributed by atoms with E-state index < -0.39 is 0 Å². The molecule has 1 aromatic rings. The first-order valence-corrected chi connectivity index (χ1v) is 5.51. The van der Waals surface area contributed by atoms with Crippen molar-refractivity contribution in [2.24, 2.45) is 0 Å². The van der Waals surface area contributed by atoms with Crippen molar-refractivity contribution in [1.29, 1.82) is 0 Å². The summed E-state index contributed by atoms with van der Waals surface area (Å²) in [5.74, 6) is 0.848. The van der Waals surface area contributed by atoms with Crippen LogP contribution in [-0.2, 0) is 0 Å². The normalized spacial score (nSPS) is 20.2. The number of aromatic nitrogens is 2. The number of rotatable bonds is 3. The van der Waals surface area contributed by atoms with Gasteiger partial charge in [0.05, 0.1) is 19.8 Å². The molecule has 1 atom stereocenters. The molecule has 0 amide bonds. The molecule has 0 spiro atoms. The number of ether oxygens (including phenoxy) is 1. The molecule has 5 heteroatoms. The van der Waals surface area contributed by atoms with Gasteiger partial charge in [0, 0.05) is 18.3 Å². The fraction of sp³-hybridized carbons (Fsp3) is 0.636. The summed E-state index contributed by atoms with van der Waals surface area (Å²) in [5.41, 5.74) is 0.880. The fourth-order valence-electron chi connectivity index (χ4n) is 2.09. The summed E-state index contributed by atoms with van der Waals surface area (Å²) in [6.45, 7) is 3.02. The largest absolute Gasteiger partial charge is 0.467 e. The third-order valence-electron chi connectivity index (χ3n) is 2.88. The molecule has 1 saturated heterocycles. The lowest BCUT2D eigenvalue weighted by molar-refractivity contribution is 0.265. The van der Waals surface area contributed by atoms with Gasteiger partial charge in [-0.2, -0.15) is 4.98 Å². The van der Waals surface area contributed by atoms with Gasteiger partial charge in [-0.3, -0.25) is 0 Å². The highest BCUT2D eigenvalue weighted by Crippen LogP contribution is 2.25. The molecule has 0 bridgehead atoms. The lowest BCUT2D eigenvalue weighted by Gasteiger charge is -2.24. The predicted molar refractivity (Wildman–Crippen MR) is 60.8 cm³/mol. The van der Waals surface area contributed by atoms with E-state index in [-0.39, 0.29) is 12.6 Å². The minimum absolute atomic E-state index is 0.172. The quantitative estimate of drug-likeness (QED) is 0.819. The molecule has 0 aromatic carbocycles. The standard InChI is InChI=1S/C11H17N3O2/c1-8-6-10(13-11(12-8)16-2)14-5-3-4-9(14)7-15/h6,9,15H,3-5,7H2,1-2H3. The molecule has 2 heterocycles. The monoisotopic (exact) mass is 223 g/mol. The SMILES string of the molecule is COc1nc(C)cc(N2CCCC2CO)n1. The Morgan fingerprint density at radius 3 is 3.06 bits per heavy atom. The van der Waals surface area contributed by atoms with E-state index >= 15 is 0 Å². The fourth-order valence-corrected chi connectivity index (χ4v) is 2.09. The minimum Gasteiger partial charge on any atom is -0.467 e. The van der Waals surface area contributed by atoms with E-state index in [1.54, 1.807) is 7.11 Å². The Hall–Kier alpha value is -1.36. The molecule has 1 aromatic heterocycles. The number of aliphatic hydroxyl groups is 1. The highest BCUT2D eigenvalue weighted by molar-refractivity contribution is 5.43. The Bertz CT molecular complexity index is 370. The molecule has 0 saturated carbocycles. The van der Waals surface area contributed by atoms with E-state index in [2.05, 4.69) is 14.9 Å². The number of aryl methyl sites for hydroxylation is 1. The minimum atomic E-state index is 0.172. The van der Waals surface area contributed by atoms with Crippen LogP contribution in [0.2, 0.25) is 0 Å². The van der Waals surface area contributed by atoms with E-state index in [9.17, 15) is 5.11 Å². The molecule has 0 radical (unpaired) electrons. The van der Waals surface area contributed by atoms with Crippen molar-refractivity contribution in [3.8, 4) is 6.01 Å². The van der Waals surface area contributed by atoms with Crippen LogP contribution in [0.4, 0.5) is 5.82 Å². The third kappa shape index (κ3) is 2.09. The van der Waals surface area contributed by atoms with Crippen molar-refractivity contribution in [2.45, 2.75) is 25.8 Å². The lowest BCUT2D eigenvalue weighted by atomic mass is 10.2. The zero-order valence-electron chi connectivity index (χ0n) is 9.68. The van der Waals surface area contributed by atoms with Gasteiger partial charge in [-0.25, -0.2) is 4.98 Å². The van der Waals surface area contributed by atoms with Crippen LogP contribution >= 0.6 is 0 Å². The molecule has 16 heavy (non-hydrogen) atoms. The van der Waals surface area contributed by atoms with Crippen molar-refractivity contribution in [3.63, 3.8) is 0 Å². The van der Waals surface area contributed by atoms with Gasteiger partial charge in [0.25, 0.3) is 0 Å². The van der Waals surface area contributed by atoms with Crippen molar-refractivity contribution < 1.29 is 9.84 Å². The molecule has 2 rings (SSSR count). The van der Waals surface area contributed by atoms with Gasteiger partial charge in [-0.05, 0) is 19.8 Å². The number of methoxy groups -OCH3 is 1. The highest BCUT2D eigenvalue weighted by atomic mass is 16.5. The van der Waals surface area contributed by atoms with E-state index in [1.807, 2.05) is 13.0 Å². The van der Waals surface area contributed by atoms with Gasteiger partial charge in [0.2, 0.25) is 0 Å². The van der Waals surface area contributed by atoms with Crippen molar-refractivity contribution in [3.05, 3.63) is 11.8 Å². The van der Waals surface area contributed by atoms with E-state index in [1.165, 1.54) is 0 Å². The Kier molecular flexibility index (Phi) is 3.24. The molecule has 88 valence electrons. The number of hydrogen-bond acceptors (Lipinski definition) is 5. The summed E-state index contributed by atoms with van der Waals surface area (Å²) >= 11 is 0. The first-order chi connectivity index (χ1) is 7.74. The van der Waals surface area contributed by atoms with E-state index in [4.69, 9.17) is 4.74 Å². The van der Waals surface area contributed by atoms with Gasteiger partial charge in [0.1, 0.15) is 5.82 Å². The van der Waals surface area contributed by atoms with Crippen LogP contribution in [0, 0.1) is 6.92 Å². The maximum Gasteiger partial charge on any atom is 0.318 e. The van der Waals surface area contributed by atoms with Crippen LogP contribution < -0.4 is 9.64 Å². The second kappa shape index (κ2) is 4.65. The van der Waals surface area contributed by atoms with Gasteiger partial charge in [-0.15, -0.1) is 0 Å². The van der Waals surface area contributed by atoms with Crippen LogP contribution in [0.25, 0.3) is 0 Å². The van der Waals surface area contributed by atoms with Crippen LogP contribution in [0.15, 0.2) is 6.07 Å². The lowest BCUT2D eigenvalue weighted by Crippen LogP contribution is -2.32. The summed E-state index contributed by atoms with van der Waals surface area (Å²) < 4.78 is 5.05. The predicted octanol–water partition coefficient (Wildman–Crippen LogP) is 0.755. The number of nitrogens with zero attached hydrogens (tertiary/aromatic N) is 3. The van der Waals surface area contributed by atoms with Gasteiger partial charge in [0.15, 0.2) is 0 Å². The molecule has 1 fully saturated rings. The molecule has 1 N–H and O–H groups in total. The molecule has 1 unspecified atom stereocenters. The van der Waals surface area contributed by atoms with Crippen molar-refractivity contribution in [2.75, 3.05) is 25.2 Å². The van der Waals surface area contributed by atoms with E-state index in [0.717, 1.165) is 30.9 Å². The molecular formula is C11H17N3O2. The Morgan fingerprint density at radius 2 is 2.38 bits per heavy atom. The van der Waals surface area contributed by atoms with Crippen LogP contribution in [0.3, 0.4) is 0 Å². The van der Waals surface area contributed by atoms with E-state index in [0.29, 0.717) is 6.01 Å². The maximum absolute atomic E-state index is 9.28. The second-order valence-electron chi connectivity index (χ2n) is 4.03. The average Bonchev–Trinajstić information content (AvgIpc) is 2.76. The molecular weight excluding hydrogens is 206 g/mol. The molecule has 5 nitrogen and oxygen atoms in total. The van der Waals surface area contributed by atoms with Crippen molar-refractivity contribution >= 4 is 5.82 Å². The van der Waals surface area contributed by atoms with Gasteiger partial charge < -0.3 is 14.7 Å². The van der Waals surface area contributed by atoms with Gasteiger partial charge >= 0.3 is 6.01 Å². The third-order valence-corrected chi connectivity index (χ3v) is 2.88. The Morgan fingerprint density at radius 1 is 1.56 bits per heavy atom. The first-order valence-electron chi connectivity index (χ1n) is 5.51. The summed E-state index contributed by atoms with van der Waals surface area (Å²) in [4.78, 5) is 10.6. The molecule has 0 aliphatic carbocycles. The molecule has 1 aliphatic heterocycles. The molecule has 1 aliphatic rings. The summed E-state index contributed by atoms with van der Waals surface area (Å²) in [6.07, 6.45) is 2.11. The van der Waals surface area contributed by atoms with Gasteiger partial charge in [-0.1, -0.05) is 0 Å². The smallest absolute Gasteiger partial charge is 0.318 e. The van der Waals surface area contributed by atoms with Crippen LogP contribution in [-0.4, -0.2) is 41.4 Å². The number of aliphatic hydroxyl groups excluding tert-OH is 1. The van der Waals surface area contributed by atoms with Crippen LogP contribution in [0.5, 0.6) is 6.01 Å². The van der Waals surface area contributed by atoms with Crippen LogP contribution in [0.1, 0.15) is 18.5 Å². The number of anilines is 1. The first kappa shape index (κ1) is 11.1. The highest BCUT2D eigenvalue weighted by Gasteiger charge is 2.25. The average molecular weight is 223 g/mol. The number of hydrogen-bond donors (Lipinski definition) is 1. The summed E-state index contributed by atoms with van der Waals surface area (Å²) in [7, 11) is 1.56. The maximum atomic E-state index is 9.28. The van der Waals surface area contributed by atoms with Crippen molar-refractivity contribution in [1.82, 2.24) is 9.97 Å². The summed E-state index contributed by atoms with van der Waals surface area (Å²) in [6, 6.07) is 2.49. The topological polar surface area (TPSA) is 58.5 Å². The Labute approximate surface area is 95.1 Å². The zero-order chi connectivity index (χ0) is 11.5.